The molecule has 5 amide bonds. The smallest absolute Gasteiger partial charge is 0.269 e. The van der Waals surface area contributed by atoms with Crippen molar-refractivity contribution in [1.29, 1.82) is 0 Å². The van der Waals surface area contributed by atoms with Crippen LogP contribution in [-0.4, -0.2) is 108 Å². The van der Waals surface area contributed by atoms with Crippen LogP contribution in [0, 0.1) is 0 Å². The molecule has 14 heteroatoms. The number of piperazine rings is 1. The van der Waals surface area contributed by atoms with Crippen molar-refractivity contribution in [3.63, 3.8) is 0 Å². The molecule has 0 spiro atoms. The molecule has 3 N–H and O–H groups in total. The Morgan fingerprint density at radius 3 is 2.43 bits per heavy atom. The molecule has 1 unspecified atom stereocenters. The lowest BCUT2D eigenvalue weighted by Gasteiger charge is -2.36. The maximum atomic E-state index is 13.1. The first-order chi connectivity index (χ1) is 26.2. The molecule has 0 bridgehead atoms. The van der Waals surface area contributed by atoms with E-state index in [2.05, 4.69) is 32.2 Å². The van der Waals surface area contributed by atoms with E-state index < -0.39 is 17.9 Å². The van der Waals surface area contributed by atoms with Crippen LogP contribution in [0.4, 0.5) is 11.5 Å². The number of amides is 5. The predicted molar refractivity (Wildman–Crippen MR) is 201 cm³/mol. The Kier molecular flexibility index (Phi) is 11.5. The lowest BCUT2D eigenvalue weighted by molar-refractivity contribution is -0.137. The van der Waals surface area contributed by atoms with Crippen molar-refractivity contribution in [2.75, 3.05) is 62.3 Å². The summed E-state index contributed by atoms with van der Waals surface area (Å²) in [5.41, 5.74) is 11.1. The molecule has 1 aromatic heterocycles. The maximum absolute atomic E-state index is 13.1. The molecule has 3 saturated heterocycles. The monoisotopic (exact) mass is 736 g/mol. The van der Waals surface area contributed by atoms with E-state index in [9.17, 15) is 24.0 Å². The number of piperidine rings is 2. The molecular weight excluding hydrogens is 688 g/mol. The van der Waals surface area contributed by atoms with E-state index in [1.54, 1.807) is 17.2 Å². The number of aryl methyl sites for hydroxylation is 1. The highest BCUT2D eigenvalue weighted by Crippen LogP contribution is 2.30. The molecule has 0 aliphatic carbocycles. The minimum absolute atomic E-state index is 0.0797. The second kappa shape index (κ2) is 16.8. The zero-order chi connectivity index (χ0) is 37.6. The van der Waals surface area contributed by atoms with Gasteiger partial charge in [0.15, 0.2) is 0 Å². The minimum atomic E-state index is -0.633. The number of nitrogens with one attached hydrogen (secondary N) is 1. The highest BCUT2D eigenvalue weighted by molar-refractivity contribution is 6.05. The van der Waals surface area contributed by atoms with E-state index in [-0.39, 0.29) is 29.8 Å². The zero-order valence-corrected chi connectivity index (χ0v) is 30.6. The van der Waals surface area contributed by atoms with Gasteiger partial charge in [-0.25, -0.2) is 9.97 Å². The Balaban J connectivity index is 0.825. The average Bonchev–Trinajstić information content (AvgIpc) is 3.52. The topological polar surface area (TPSA) is 171 Å². The first-order valence-corrected chi connectivity index (χ1v) is 19.1. The standard InChI is InChI=1S/C40H48N8O6/c41-38(51)37-32(43-34(25-42-37)46-16-2-1-3-17-46)24-27-9-11-29(12-10-27)45-18-20-47(21-19-45)36(50)15-23-54-22-5-7-28-6-4-8-30-31(28)26-48(40(30)53)33-13-14-35(49)44-39(33)52/h4,6,8-12,25,33H,1-3,5,7,13-24,26H2,(H2,41,51)(H,44,49,52). The molecule has 0 saturated carbocycles. The summed E-state index contributed by atoms with van der Waals surface area (Å²) in [4.78, 5) is 79.3. The molecule has 2 aromatic carbocycles. The fourth-order valence-electron chi connectivity index (χ4n) is 7.92. The zero-order valence-electron chi connectivity index (χ0n) is 30.6. The van der Waals surface area contributed by atoms with Gasteiger partial charge in [-0.3, -0.25) is 29.3 Å². The van der Waals surface area contributed by atoms with Crippen molar-refractivity contribution in [2.45, 2.75) is 70.4 Å². The quantitative estimate of drug-likeness (QED) is 0.196. The van der Waals surface area contributed by atoms with Crippen LogP contribution >= 0.6 is 0 Å². The number of carbonyl (C=O) groups is 5. The number of aromatic nitrogens is 2. The summed E-state index contributed by atoms with van der Waals surface area (Å²) in [5.74, 6) is -0.595. The molecule has 54 heavy (non-hydrogen) atoms. The predicted octanol–water partition coefficient (Wildman–Crippen LogP) is 2.61. The molecule has 4 aliphatic rings. The number of ether oxygens (including phenoxy) is 1. The number of benzene rings is 2. The third-order valence-corrected chi connectivity index (χ3v) is 10.9. The molecule has 7 rings (SSSR count). The van der Waals surface area contributed by atoms with Gasteiger partial charge in [0.25, 0.3) is 11.8 Å². The van der Waals surface area contributed by atoms with Crippen LogP contribution < -0.4 is 20.9 Å². The second-order valence-electron chi connectivity index (χ2n) is 14.5. The van der Waals surface area contributed by atoms with E-state index >= 15 is 0 Å². The van der Waals surface area contributed by atoms with E-state index in [0.29, 0.717) is 69.8 Å². The Labute approximate surface area is 315 Å². The first kappa shape index (κ1) is 37.0. The van der Waals surface area contributed by atoms with Gasteiger partial charge in [-0.15, -0.1) is 0 Å². The normalized spacial score (nSPS) is 18.9. The number of nitrogens with two attached hydrogens (primary N) is 1. The third kappa shape index (κ3) is 8.38. The first-order valence-electron chi connectivity index (χ1n) is 19.1. The van der Waals surface area contributed by atoms with Crippen LogP contribution in [0.2, 0.25) is 0 Å². The number of fused-ring (bicyclic) bond motifs is 1. The van der Waals surface area contributed by atoms with Crippen LogP contribution in [0.3, 0.4) is 0 Å². The van der Waals surface area contributed by atoms with Gasteiger partial charge < -0.3 is 30.1 Å². The van der Waals surface area contributed by atoms with Gasteiger partial charge in [0.1, 0.15) is 17.6 Å². The fraction of sp³-hybridized carbons (Fsp3) is 0.475. The summed E-state index contributed by atoms with van der Waals surface area (Å²) in [7, 11) is 0. The number of primary amides is 1. The van der Waals surface area contributed by atoms with E-state index in [4.69, 9.17) is 15.5 Å². The van der Waals surface area contributed by atoms with Crippen molar-refractivity contribution >= 4 is 41.0 Å². The molecule has 14 nitrogen and oxygen atoms in total. The number of rotatable bonds is 13. The highest BCUT2D eigenvalue weighted by atomic mass is 16.5. The molecule has 0 radical (unpaired) electrons. The maximum Gasteiger partial charge on any atom is 0.269 e. The number of anilines is 2. The average molecular weight is 737 g/mol. The Morgan fingerprint density at radius 1 is 0.907 bits per heavy atom. The summed E-state index contributed by atoms with van der Waals surface area (Å²) < 4.78 is 5.84. The van der Waals surface area contributed by atoms with Crippen LogP contribution in [0.25, 0.3) is 0 Å². The molecule has 3 fully saturated rings. The number of carbonyl (C=O) groups excluding carboxylic acids is 5. The van der Waals surface area contributed by atoms with Crippen LogP contribution in [-0.2, 0) is 38.5 Å². The van der Waals surface area contributed by atoms with E-state index in [0.717, 1.165) is 73.6 Å². The molecule has 284 valence electrons. The van der Waals surface area contributed by atoms with Crippen LogP contribution in [0.15, 0.2) is 48.7 Å². The van der Waals surface area contributed by atoms with Gasteiger partial charge in [-0.2, -0.15) is 0 Å². The summed E-state index contributed by atoms with van der Waals surface area (Å²) in [6, 6.07) is 13.3. The number of hydrogen-bond acceptors (Lipinski definition) is 10. The Bertz CT molecular complexity index is 1890. The number of imide groups is 1. The molecule has 5 heterocycles. The Hall–Kier alpha value is -5.37. The SMILES string of the molecule is NC(=O)c1ncc(N2CCCCC2)nc1Cc1ccc(N2CCN(C(=O)CCOCCCc3cccc4c3CN(C3CCC(=O)NC3=O)C4=O)CC2)cc1. The third-order valence-electron chi connectivity index (χ3n) is 10.9. The molecular formula is C40H48N8O6. The summed E-state index contributed by atoms with van der Waals surface area (Å²) in [6.45, 7) is 5.79. The Morgan fingerprint density at radius 2 is 1.69 bits per heavy atom. The summed E-state index contributed by atoms with van der Waals surface area (Å²) in [5, 5.41) is 2.35. The van der Waals surface area contributed by atoms with Gasteiger partial charge in [0.2, 0.25) is 17.7 Å². The molecule has 3 aromatic rings. The van der Waals surface area contributed by atoms with Crippen LogP contribution in [0.5, 0.6) is 0 Å². The van der Waals surface area contributed by atoms with Gasteiger partial charge in [0.05, 0.1) is 24.9 Å². The van der Waals surface area contributed by atoms with Gasteiger partial charge >= 0.3 is 0 Å². The van der Waals surface area contributed by atoms with Crippen LogP contribution in [0.1, 0.15) is 88.2 Å². The second-order valence-corrected chi connectivity index (χ2v) is 14.5. The fourth-order valence-corrected chi connectivity index (χ4v) is 7.92. The summed E-state index contributed by atoms with van der Waals surface area (Å²) in [6.07, 6.45) is 7.90. The summed E-state index contributed by atoms with van der Waals surface area (Å²) >= 11 is 0. The van der Waals surface area contributed by atoms with E-state index in [1.165, 1.54) is 6.42 Å². The van der Waals surface area contributed by atoms with Crippen molar-refractivity contribution in [3.05, 3.63) is 82.3 Å². The lowest BCUT2D eigenvalue weighted by atomic mass is 10.00. The number of nitrogens with zero attached hydrogens (tertiary/aromatic N) is 6. The van der Waals surface area contributed by atoms with E-state index in [1.807, 2.05) is 29.2 Å². The van der Waals surface area contributed by atoms with Crippen molar-refractivity contribution in [2.24, 2.45) is 5.73 Å². The van der Waals surface area contributed by atoms with Crippen molar-refractivity contribution < 1.29 is 28.7 Å². The van der Waals surface area contributed by atoms with Gasteiger partial charge in [0, 0.05) is 76.5 Å². The lowest BCUT2D eigenvalue weighted by Crippen LogP contribution is -2.52. The molecule has 4 aliphatic heterocycles. The molecule has 1 atom stereocenters. The minimum Gasteiger partial charge on any atom is -0.381 e. The highest BCUT2D eigenvalue weighted by Gasteiger charge is 2.39. The largest absolute Gasteiger partial charge is 0.381 e. The van der Waals surface area contributed by atoms with Crippen molar-refractivity contribution in [3.8, 4) is 0 Å². The van der Waals surface area contributed by atoms with Gasteiger partial charge in [-0.1, -0.05) is 24.3 Å². The van der Waals surface area contributed by atoms with Gasteiger partial charge in [-0.05, 0) is 73.4 Å². The number of hydrogen-bond donors (Lipinski definition) is 2. The van der Waals surface area contributed by atoms with Crippen molar-refractivity contribution in [1.82, 2.24) is 25.1 Å².